The van der Waals surface area contributed by atoms with Crippen LogP contribution in [0, 0.1) is 0 Å². The van der Waals surface area contributed by atoms with Crippen molar-refractivity contribution in [3.05, 3.63) is 66.4 Å². The maximum absolute atomic E-state index is 9.27. The van der Waals surface area contributed by atoms with E-state index in [2.05, 4.69) is 4.98 Å². The van der Waals surface area contributed by atoms with Gasteiger partial charge in [-0.2, -0.15) is 0 Å². The topological polar surface area (TPSA) is 42.4 Å². The average molecular weight is 251 g/mol. The highest BCUT2D eigenvalue weighted by Crippen LogP contribution is 2.28. The largest absolute Gasteiger partial charge is 0.438 e. The summed E-state index contributed by atoms with van der Waals surface area (Å²) in [5, 5.41) is 11.2. The summed E-state index contributed by atoms with van der Waals surface area (Å²) in [6, 6.07) is 19.2. The van der Waals surface area contributed by atoms with Crippen LogP contribution < -0.4 is 4.74 Å². The Morgan fingerprint density at radius 3 is 2.47 bits per heavy atom. The van der Waals surface area contributed by atoms with E-state index in [0.717, 1.165) is 16.5 Å². The van der Waals surface area contributed by atoms with E-state index < -0.39 is 0 Å². The minimum Gasteiger partial charge on any atom is -0.438 e. The number of benzene rings is 2. The van der Waals surface area contributed by atoms with Gasteiger partial charge in [-0.15, -0.1) is 0 Å². The Bertz CT molecular complexity index is 695. The van der Waals surface area contributed by atoms with Crippen molar-refractivity contribution in [2.24, 2.45) is 0 Å². The number of hydrogen-bond acceptors (Lipinski definition) is 3. The summed E-state index contributed by atoms with van der Waals surface area (Å²) in [5.41, 5.74) is 0.602. The number of hydrogen-bond donors (Lipinski definition) is 1. The van der Waals surface area contributed by atoms with Crippen molar-refractivity contribution in [1.82, 2.24) is 4.98 Å². The normalized spacial score (nSPS) is 10.6. The Kier molecular flexibility index (Phi) is 3.12. The number of ether oxygens (including phenoxy) is 1. The highest BCUT2D eigenvalue weighted by atomic mass is 16.5. The van der Waals surface area contributed by atoms with Gasteiger partial charge >= 0.3 is 0 Å². The van der Waals surface area contributed by atoms with Gasteiger partial charge in [-0.3, -0.25) is 0 Å². The van der Waals surface area contributed by atoms with E-state index in [1.165, 1.54) is 0 Å². The molecule has 0 aliphatic heterocycles. The summed E-state index contributed by atoms with van der Waals surface area (Å²) in [6.07, 6.45) is 0. The number of aliphatic hydroxyl groups is 1. The quantitative estimate of drug-likeness (QED) is 0.774. The van der Waals surface area contributed by atoms with Crippen molar-refractivity contribution in [3.8, 4) is 11.6 Å². The molecule has 0 aliphatic rings. The van der Waals surface area contributed by atoms with E-state index in [-0.39, 0.29) is 6.61 Å². The Hall–Kier alpha value is -2.39. The van der Waals surface area contributed by atoms with Crippen LogP contribution in [0.4, 0.5) is 0 Å². The van der Waals surface area contributed by atoms with E-state index in [1.54, 1.807) is 0 Å². The molecule has 0 aliphatic carbocycles. The van der Waals surface area contributed by atoms with Crippen LogP contribution in [0.2, 0.25) is 0 Å². The Morgan fingerprint density at radius 2 is 1.68 bits per heavy atom. The molecule has 3 nitrogen and oxygen atoms in total. The molecule has 1 aromatic heterocycles. The number of aromatic nitrogens is 1. The summed E-state index contributed by atoms with van der Waals surface area (Å²) in [6.45, 7) is -0.101. The molecule has 0 spiro atoms. The minimum absolute atomic E-state index is 0.101. The van der Waals surface area contributed by atoms with Gasteiger partial charge in [0.05, 0.1) is 12.3 Å². The third-order valence-corrected chi connectivity index (χ3v) is 2.88. The van der Waals surface area contributed by atoms with Gasteiger partial charge in [0.2, 0.25) is 5.88 Å². The third kappa shape index (κ3) is 2.41. The van der Waals surface area contributed by atoms with Crippen LogP contribution in [0.3, 0.4) is 0 Å². The molecule has 3 aromatic rings. The number of pyridine rings is 1. The summed E-state index contributed by atoms with van der Waals surface area (Å²) < 4.78 is 5.81. The Balaban J connectivity index is 2.11. The van der Waals surface area contributed by atoms with E-state index in [4.69, 9.17) is 4.74 Å². The first-order valence-electron chi connectivity index (χ1n) is 6.09. The molecular formula is C16H13NO2. The van der Waals surface area contributed by atoms with Gasteiger partial charge < -0.3 is 9.84 Å². The summed E-state index contributed by atoms with van der Waals surface area (Å²) in [7, 11) is 0. The van der Waals surface area contributed by atoms with E-state index in [0.29, 0.717) is 11.6 Å². The zero-order valence-corrected chi connectivity index (χ0v) is 10.3. The van der Waals surface area contributed by atoms with E-state index in [1.807, 2.05) is 60.7 Å². The van der Waals surface area contributed by atoms with E-state index in [9.17, 15) is 5.11 Å². The third-order valence-electron chi connectivity index (χ3n) is 2.88. The zero-order chi connectivity index (χ0) is 13.1. The lowest BCUT2D eigenvalue weighted by Crippen LogP contribution is -1.95. The highest BCUT2D eigenvalue weighted by Gasteiger charge is 2.07. The molecule has 0 fully saturated rings. The van der Waals surface area contributed by atoms with Crippen LogP contribution in [0.1, 0.15) is 5.69 Å². The second-order valence-corrected chi connectivity index (χ2v) is 4.21. The van der Waals surface area contributed by atoms with Gasteiger partial charge in [0.15, 0.2) is 0 Å². The van der Waals surface area contributed by atoms with Crippen LogP contribution in [0.5, 0.6) is 11.6 Å². The number of para-hydroxylation sites is 1. The molecule has 0 saturated carbocycles. The van der Waals surface area contributed by atoms with Gasteiger partial charge in [0, 0.05) is 5.39 Å². The maximum atomic E-state index is 9.27. The lowest BCUT2D eigenvalue weighted by atomic mass is 10.1. The van der Waals surface area contributed by atoms with E-state index >= 15 is 0 Å². The number of aliphatic hydroxyl groups excluding tert-OH is 1. The molecule has 1 heterocycles. The second kappa shape index (κ2) is 5.08. The fourth-order valence-corrected chi connectivity index (χ4v) is 1.98. The SMILES string of the molecule is OCc1cc2ccccc2c(Oc2ccccc2)n1. The monoisotopic (exact) mass is 251 g/mol. The van der Waals surface area contributed by atoms with Crippen LogP contribution in [-0.2, 0) is 6.61 Å². The van der Waals surface area contributed by atoms with Gasteiger partial charge in [0.25, 0.3) is 0 Å². The first-order valence-corrected chi connectivity index (χ1v) is 6.09. The summed E-state index contributed by atoms with van der Waals surface area (Å²) in [5.74, 6) is 1.25. The van der Waals surface area contributed by atoms with Gasteiger partial charge in [-0.05, 0) is 29.7 Å². The van der Waals surface area contributed by atoms with Crippen molar-refractivity contribution >= 4 is 10.8 Å². The van der Waals surface area contributed by atoms with Crippen LogP contribution in [0.15, 0.2) is 60.7 Å². The standard InChI is InChI=1S/C16H13NO2/c18-11-13-10-12-6-4-5-9-15(12)16(17-13)19-14-7-2-1-3-8-14/h1-10,18H,11H2. The molecule has 0 amide bonds. The molecule has 0 atom stereocenters. The molecule has 0 radical (unpaired) electrons. The average Bonchev–Trinajstić information content (AvgIpc) is 2.48. The predicted octanol–water partition coefficient (Wildman–Crippen LogP) is 3.52. The van der Waals surface area contributed by atoms with Gasteiger partial charge in [-0.1, -0.05) is 36.4 Å². The highest BCUT2D eigenvalue weighted by molar-refractivity contribution is 5.87. The molecular weight excluding hydrogens is 238 g/mol. The van der Waals surface area contributed by atoms with Crippen molar-refractivity contribution in [2.75, 3.05) is 0 Å². The first-order chi connectivity index (χ1) is 9.36. The Morgan fingerprint density at radius 1 is 0.947 bits per heavy atom. The van der Waals surface area contributed by atoms with Crippen molar-refractivity contribution in [2.45, 2.75) is 6.61 Å². The van der Waals surface area contributed by atoms with Gasteiger partial charge in [0.1, 0.15) is 5.75 Å². The molecule has 1 N–H and O–H groups in total. The molecule has 3 rings (SSSR count). The van der Waals surface area contributed by atoms with Crippen LogP contribution in [0.25, 0.3) is 10.8 Å². The van der Waals surface area contributed by atoms with Crippen LogP contribution in [-0.4, -0.2) is 10.1 Å². The maximum Gasteiger partial charge on any atom is 0.227 e. The number of rotatable bonds is 3. The van der Waals surface area contributed by atoms with Crippen molar-refractivity contribution < 1.29 is 9.84 Å². The number of fused-ring (bicyclic) bond motifs is 1. The van der Waals surface area contributed by atoms with Crippen LogP contribution >= 0.6 is 0 Å². The van der Waals surface area contributed by atoms with Crippen molar-refractivity contribution in [3.63, 3.8) is 0 Å². The van der Waals surface area contributed by atoms with Gasteiger partial charge in [-0.25, -0.2) is 4.98 Å². The van der Waals surface area contributed by atoms with Crippen molar-refractivity contribution in [1.29, 1.82) is 0 Å². The zero-order valence-electron chi connectivity index (χ0n) is 10.3. The molecule has 0 saturated heterocycles. The molecule has 19 heavy (non-hydrogen) atoms. The smallest absolute Gasteiger partial charge is 0.227 e. The lowest BCUT2D eigenvalue weighted by molar-refractivity contribution is 0.275. The Labute approximate surface area is 111 Å². The molecule has 0 bridgehead atoms. The second-order valence-electron chi connectivity index (χ2n) is 4.21. The fraction of sp³-hybridized carbons (Fsp3) is 0.0625. The predicted molar refractivity (Wildman–Crippen MR) is 74.2 cm³/mol. The number of nitrogens with zero attached hydrogens (tertiary/aromatic N) is 1. The first kappa shape index (κ1) is 11.7. The molecule has 0 unspecified atom stereocenters. The lowest BCUT2D eigenvalue weighted by Gasteiger charge is -2.09. The minimum atomic E-state index is -0.101. The molecule has 94 valence electrons. The summed E-state index contributed by atoms with van der Waals surface area (Å²) in [4.78, 5) is 4.34. The molecule has 2 aromatic carbocycles. The summed E-state index contributed by atoms with van der Waals surface area (Å²) >= 11 is 0. The fourth-order valence-electron chi connectivity index (χ4n) is 1.98. The molecule has 3 heteroatoms.